The summed E-state index contributed by atoms with van der Waals surface area (Å²) in [7, 11) is 0. The van der Waals surface area contributed by atoms with Crippen molar-refractivity contribution in [2.75, 3.05) is 13.2 Å². The van der Waals surface area contributed by atoms with Gasteiger partial charge in [0.25, 0.3) is 0 Å². The highest BCUT2D eigenvalue weighted by Crippen LogP contribution is 2.35. The molecule has 0 N–H and O–H groups in total. The molecule has 6 heteroatoms. The Morgan fingerprint density at radius 2 is 1.93 bits per heavy atom. The zero-order chi connectivity index (χ0) is 18.6. The van der Waals surface area contributed by atoms with Crippen LogP contribution in [0.1, 0.15) is 12.0 Å². The van der Waals surface area contributed by atoms with Crippen molar-refractivity contribution in [2.24, 2.45) is 4.99 Å². The minimum Gasteiger partial charge on any atom is -0.486 e. The molecule has 0 spiro atoms. The summed E-state index contributed by atoms with van der Waals surface area (Å²) in [5.41, 5.74) is 2.11. The van der Waals surface area contributed by atoms with E-state index in [0.717, 1.165) is 27.3 Å². The van der Waals surface area contributed by atoms with Crippen LogP contribution in [-0.4, -0.2) is 23.7 Å². The molecule has 138 valence electrons. The monoisotopic (exact) mass is 380 g/mol. The molecule has 1 aliphatic rings. The van der Waals surface area contributed by atoms with Crippen molar-refractivity contribution in [2.45, 2.75) is 19.4 Å². The molecule has 1 aromatic heterocycles. The van der Waals surface area contributed by atoms with E-state index >= 15 is 0 Å². The number of thiazole rings is 1. The van der Waals surface area contributed by atoms with Gasteiger partial charge in [0.2, 0.25) is 5.91 Å². The average Bonchev–Trinajstić information content (AvgIpc) is 3.02. The molecule has 0 aliphatic carbocycles. The third kappa shape index (κ3) is 3.80. The summed E-state index contributed by atoms with van der Waals surface area (Å²) in [6.45, 7) is 5.49. The smallest absolute Gasteiger partial charge is 0.248 e. The number of fused-ring (bicyclic) bond motifs is 2. The Hall–Kier alpha value is -2.86. The summed E-state index contributed by atoms with van der Waals surface area (Å²) in [5.74, 6) is 1.34. The molecule has 0 fully saturated rings. The second kappa shape index (κ2) is 7.80. The summed E-state index contributed by atoms with van der Waals surface area (Å²) < 4.78 is 14.4. The first-order valence-electron chi connectivity index (χ1n) is 8.90. The normalized spacial score (nSPS) is 13.7. The van der Waals surface area contributed by atoms with Crippen molar-refractivity contribution in [1.29, 1.82) is 0 Å². The fourth-order valence-electron chi connectivity index (χ4n) is 3.06. The van der Waals surface area contributed by atoms with Crippen LogP contribution < -0.4 is 14.3 Å². The molecule has 3 aromatic rings. The summed E-state index contributed by atoms with van der Waals surface area (Å²) >= 11 is 1.48. The SMILES string of the molecule is C=CCn1c(=NC(=O)CCc2ccccc2)sc2cc3c(cc21)OCCO3. The average molecular weight is 380 g/mol. The first-order chi connectivity index (χ1) is 13.2. The van der Waals surface area contributed by atoms with Gasteiger partial charge in [-0.1, -0.05) is 47.7 Å². The minimum absolute atomic E-state index is 0.125. The molecule has 0 saturated heterocycles. The maximum Gasteiger partial charge on any atom is 0.248 e. The Labute approximate surface area is 161 Å². The van der Waals surface area contributed by atoms with Gasteiger partial charge in [0.15, 0.2) is 16.3 Å². The van der Waals surface area contributed by atoms with Gasteiger partial charge in [-0.3, -0.25) is 4.79 Å². The van der Waals surface area contributed by atoms with Crippen LogP contribution >= 0.6 is 11.3 Å². The molecular formula is C21H20N2O3S. The topological polar surface area (TPSA) is 52.8 Å². The minimum atomic E-state index is -0.125. The fraction of sp³-hybridized carbons (Fsp3) is 0.238. The molecule has 1 amide bonds. The number of hydrogen-bond acceptors (Lipinski definition) is 4. The standard InChI is InChI=1S/C21H20N2O3S/c1-2-10-23-16-13-17-18(26-12-11-25-17)14-19(16)27-21(23)22-20(24)9-8-15-6-4-3-5-7-15/h2-7,13-14H,1,8-12H2. The summed E-state index contributed by atoms with van der Waals surface area (Å²) in [6, 6.07) is 13.9. The number of hydrogen-bond donors (Lipinski definition) is 0. The van der Waals surface area contributed by atoms with Crippen molar-refractivity contribution in [3.63, 3.8) is 0 Å². The number of carbonyl (C=O) groups is 1. The lowest BCUT2D eigenvalue weighted by molar-refractivity contribution is -0.118. The molecule has 0 atom stereocenters. The van der Waals surface area contributed by atoms with Crippen molar-refractivity contribution in [3.8, 4) is 11.5 Å². The molecule has 2 aromatic carbocycles. The maximum atomic E-state index is 12.4. The summed E-state index contributed by atoms with van der Waals surface area (Å²) in [6.07, 6.45) is 2.87. The molecule has 0 saturated carbocycles. The van der Waals surface area contributed by atoms with Gasteiger partial charge < -0.3 is 14.0 Å². The Morgan fingerprint density at radius 1 is 1.19 bits per heavy atom. The van der Waals surface area contributed by atoms with Crippen molar-refractivity contribution >= 4 is 27.5 Å². The van der Waals surface area contributed by atoms with E-state index in [0.29, 0.717) is 37.4 Å². The van der Waals surface area contributed by atoms with E-state index in [1.165, 1.54) is 11.3 Å². The van der Waals surface area contributed by atoms with Gasteiger partial charge in [-0.25, -0.2) is 0 Å². The quantitative estimate of drug-likeness (QED) is 0.634. The highest BCUT2D eigenvalue weighted by molar-refractivity contribution is 7.16. The highest BCUT2D eigenvalue weighted by atomic mass is 32.1. The number of carbonyl (C=O) groups excluding carboxylic acids is 1. The first kappa shape index (κ1) is 17.5. The zero-order valence-electron chi connectivity index (χ0n) is 14.9. The predicted molar refractivity (Wildman–Crippen MR) is 106 cm³/mol. The first-order valence-corrected chi connectivity index (χ1v) is 9.71. The molecule has 27 heavy (non-hydrogen) atoms. The number of allylic oxidation sites excluding steroid dienone is 1. The van der Waals surface area contributed by atoms with E-state index in [1.54, 1.807) is 6.08 Å². The van der Waals surface area contributed by atoms with E-state index in [9.17, 15) is 4.79 Å². The van der Waals surface area contributed by atoms with Crippen LogP contribution in [-0.2, 0) is 17.8 Å². The zero-order valence-corrected chi connectivity index (χ0v) is 15.7. The van der Waals surface area contributed by atoms with Crippen molar-refractivity contribution in [3.05, 3.63) is 65.5 Å². The van der Waals surface area contributed by atoms with Crippen LogP contribution in [0.2, 0.25) is 0 Å². The van der Waals surface area contributed by atoms with Gasteiger partial charge in [0, 0.05) is 25.1 Å². The van der Waals surface area contributed by atoms with Gasteiger partial charge in [0.05, 0.1) is 10.2 Å². The van der Waals surface area contributed by atoms with Crippen molar-refractivity contribution in [1.82, 2.24) is 4.57 Å². The molecule has 4 rings (SSSR count). The molecule has 0 unspecified atom stereocenters. The maximum absolute atomic E-state index is 12.4. The van der Waals surface area contributed by atoms with E-state index in [2.05, 4.69) is 11.6 Å². The second-order valence-corrected chi connectivity index (χ2v) is 7.25. The number of nitrogens with zero attached hydrogens (tertiary/aromatic N) is 2. The Morgan fingerprint density at radius 3 is 2.67 bits per heavy atom. The van der Waals surface area contributed by atoms with Crippen LogP contribution in [0.4, 0.5) is 0 Å². The Bertz CT molecular complexity index is 1050. The molecule has 5 nitrogen and oxygen atoms in total. The van der Waals surface area contributed by atoms with Gasteiger partial charge in [0.1, 0.15) is 13.2 Å². The molecule has 2 heterocycles. The van der Waals surface area contributed by atoms with Crippen LogP contribution in [0, 0.1) is 0 Å². The number of benzene rings is 2. The van der Waals surface area contributed by atoms with Crippen LogP contribution in [0.15, 0.2) is 60.1 Å². The fourth-order valence-corrected chi connectivity index (χ4v) is 4.12. The number of aryl methyl sites for hydroxylation is 1. The molecular weight excluding hydrogens is 360 g/mol. The van der Waals surface area contributed by atoms with Gasteiger partial charge in [-0.05, 0) is 12.0 Å². The Balaban J connectivity index is 1.67. The number of rotatable bonds is 5. The number of aromatic nitrogens is 1. The van der Waals surface area contributed by atoms with E-state index in [-0.39, 0.29) is 5.91 Å². The predicted octanol–water partition coefficient (Wildman–Crippen LogP) is 3.72. The van der Waals surface area contributed by atoms with E-state index < -0.39 is 0 Å². The van der Waals surface area contributed by atoms with E-state index in [1.807, 2.05) is 47.0 Å². The van der Waals surface area contributed by atoms with Gasteiger partial charge in [-0.2, -0.15) is 4.99 Å². The number of ether oxygens (including phenoxy) is 2. The Kier molecular flexibility index (Phi) is 5.07. The van der Waals surface area contributed by atoms with E-state index in [4.69, 9.17) is 9.47 Å². The van der Waals surface area contributed by atoms with Crippen LogP contribution in [0.5, 0.6) is 11.5 Å². The lowest BCUT2D eigenvalue weighted by atomic mass is 10.1. The number of amides is 1. The third-order valence-electron chi connectivity index (χ3n) is 4.35. The third-order valence-corrected chi connectivity index (χ3v) is 5.39. The van der Waals surface area contributed by atoms with Gasteiger partial charge >= 0.3 is 0 Å². The van der Waals surface area contributed by atoms with Gasteiger partial charge in [-0.15, -0.1) is 6.58 Å². The highest BCUT2D eigenvalue weighted by Gasteiger charge is 2.16. The molecule has 0 bridgehead atoms. The summed E-state index contributed by atoms with van der Waals surface area (Å²) in [4.78, 5) is 17.5. The van der Waals surface area contributed by atoms with Crippen LogP contribution in [0.3, 0.4) is 0 Å². The van der Waals surface area contributed by atoms with Crippen LogP contribution in [0.25, 0.3) is 10.2 Å². The summed E-state index contributed by atoms with van der Waals surface area (Å²) in [5, 5.41) is 0. The largest absolute Gasteiger partial charge is 0.486 e. The molecule has 1 aliphatic heterocycles. The molecule has 0 radical (unpaired) electrons. The van der Waals surface area contributed by atoms with Crippen molar-refractivity contribution < 1.29 is 14.3 Å². The lowest BCUT2D eigenvalue weighted by Gasteiger charge is -2.18. The lowest BCUT2D eigenvalue weighted by Crippen LogP contribution is -2.17. The second-order valence-electron chi connectivity index (χ2n) is 6.24.